The molecule has 2 atom stereocenters. The van der Waals surface area contributed by atoms with E-state index in [1.54, 1.807) is 0 Å². The van der Waals surface area contributed by atoms with Crippen molar-refractivity contribution >= 4 is 0 Å². The fourth-order valence-corrected chi connectivity index (χ4v) is 0.940. The molecule has 0 radical (unpaired) electrons. The molecule has 3 heteroatoms. The Morgan fingerprint density at radius 3 is 2.25 bits per heavy atom. The molecule has 0 saturated carbocycles. The van der Waals surface area contributed by atoms with E-state index in [-0.39, 0.29) is 6.04 Å². The van der Waals surface area contributed by atoms with Crippen molar-refractivity contribution in [3.8, 4) is 0 Å². The van der Waals surface area contributed by atoms with Gasteiger partial charge >= 0.3 is 0 Å². The second kappa shape index (κ2) is 7.53. The Labute approximate surface area is 75.5 Å². The van der Waals surface area contributed by atoms with Gasteiger partial charge in [-0.2, -0.15) is 0 Å². The maximum absolute atomic E-state index is 5.59. The molecule has 74 valence electrons. The fourth-order valence-electron chi connectivity index (χ4n) is 0.940. The maximum atomic E-state index is 5.59. The standard InChI is InChI=1S/C9H22N2O/c1-8(10)5-3-4-6-12-7-9(2)11/h8-9H,3-7,10-11H2,1-2H3. The molecule has 0 rings (SSSR count). The Hall–Kier alpha value is -0.120. The van der Waals surface area contributed by atoms with Crippen molar-refractivity contribution < 1.29 is 4.74 Å². The lowest BCUT2D eigenvalue weighted by Gasteiger charge is -2.07. The first-order chi connectivity index (χ1) is 5.63. The highest BCUT2D eigenvalue weighted by molar-refractivity contribution is 4.53. The van der Waals surface area contributed by atoms with Crippen molar-refractivity contribution in [3.63, 3.8) is 0 Å². The molecule has 12 heavy (non-hydrogen) atoms. The third kappa shape index (κ3) is 9.88. The van der Waals surface area contributed by atoms with Gasteiger partial charge in [0.25, 0.3) is 0 Å². The largest absolute Gasteiger partial charge is 0.380 e. The van der Waals surface area contributed by atoms with E-state index in [0.29, 0.717) is 12.6 Å². The summed E-state index contributed by atoms with van der Waals surface area (Å²) in [5.74, 6) is 0. The molecule has 0 spiro atoms. The second-order valence-electron chi connectivity index (χ2n) is 3.53. The highest BCUT2D eigenvalue weighted by Gasteiger charge is 1.95. The van der Waals surface area contributed by atoms with Crippen LogP contribution in [0.1, 0.15) is 33.1 Å². The van der Waals surface area contributed by atoms with E-state index in [9.17, 15) is 0 Å². The summed E-state index contributed by atoms with van der Waals surface area (Å²) in [6.07, 6.45) is 3.33. The van der Waals surface area contributed by atoms with E-state index >= 15 is 0 Å². The van der Waals surface area contributed by atoms with E-state index in [4.69, 9.17) is 16.2 Å². The highest BCUT2D eigenvalue weighted by Crippen LogP contribution is 1.98. The first-order valence-electron chi connectivity index (χ1n) is 4.72. The molecule has 0 aliphatic carbocycles. The average Bonchev–Trinajstić information content (AvgIpc) is 1.95. The molecule has 0 aliphatic rings. The number of rotatable bonds is 7. The van der Waals surface area contributed by atoms with Crippen LogP contribution in [-0.4, -0.2) is 25.3 Å². The summed E-state index contributed by atoms with van der Waals surface area (Å²) in [4.78, 5) is 0. The lowest BCUT2D eigenvalue weighted by atomic mass is 10.1. The van der Waals surface area contributed by atoms with Gasteiger partial charge in [0.2, 0.25) is 0 Å². The molecule has 0 aromatic heterocycles. The molecule has 0 amide bonds. The Bertz CT molecular complexity index is 82.5. The molecular formula is C9H22N2O. The lowest BCUT2D eigenvalue weighted by molar-refractivity contribution is 0.120. The van der Waals surface area contributed by atoms with Gasteiger partial charge < -0.3 is 16.2 Å². The van der Waals surface area contributed by atoms with Crippen LogP contribution in [0.5, 0.6) is 0 Å². The van der Waals surface area contributed by atoms with Crippen LogP contribution >= 0.6 is 0 Å². The van der Waals surface area contributed by atoms with E-state index in [1.807, 2.05) is 13.8 Å². The van der Waals surface area contributed by atoms with Crippen LogP contribution in [0, 0.1) is 0 Å². The molecule has 0 fully saturated rings. The molecule has 3 nitrogen and oxygen atoms in total. The average molecular weight is 174 g/mol. The van der Waals surface area contributed by atoms with Gasteiger partial charge in [0, 0.05) is 18.7 Å². The Balaban J connectivity index is 2.91. The summed E-state index contributed by atoms with van der Waals surface area (Å²) < 4.78 is 5.31. The minimum absolute atomic E-state index is 0.151. The summed E-state index contributed by atoms with van der Waals surface area (Å²) in [7, 11) is 0. The summed E-state index contributed by atoms with van der Waals surface area (Å²) in [5, 5.41) is 0. The van der Waals surface area contributed by atoms with Crippen LogP contribution in [-0.2, 0) is 4.74 Å². The molecule has 0 aromatic carbocycles. The number of unbranched alkanes of at least 4 members (excludes halogenated alkanes) is 1. The van der Waals surface area contributed by atoms with Crippen molar-refractivity contribution in [3.05, 3.63) is 0 Å². The van der Waals surface area contributed by atoms with Crippen LogP contribution in [0.25, 0.3) is 0 Å². The zero-order chi connectivity index (χ0) is 9.40. The summed E-state index contributed by atoms with van der Waals surface area (Å²) in [5.41, 5.74) is 11.1. The Morgan fingerprint density at radius 2 is 1.75 bits per heavy atom. The predicted octanol–water partition coefficient (Wildman–Crippen LogP) is 0.868. The van der Waals surface area contributed by atoms with E-state index in [2.05, 4.69) is 0 Å². The summed E-state index contributed by atoms with van der Waals surface area (Å²) >= 11 is 0. The first kappa shape index (κ1) is 11.9. The monoisotopic (exact) mass is 174 g/mol. The van der Waals surface area contributed by atoms with Crippen LogP contribution in [0.15, 0.2) is 0 Å². The molecule has 0 saturated heterocycles. The first-order valence-corrected chi connectivity index (χ1v) is 4.72. The lowest BCUT2D eigenvalue weighted by Crippen LogP contribution is -2.22. The Morgan fingerprint density at radius 1 is 1.08 bits per heavy atom. The van der Waals surface area contributed by atoms with E-state index < -0.39 is 0 Å². The molecule has 2 unspecified atom stereocenters. The molecule has 0 heterocycles. The van der Waals surface area contributed by atoms with Gasteiger partial charge in [-0.25, -0.2) is 0 Å². The number of nitrogens with two attached hydrogens (primary N) is 2. The van der Waals surface area contributed by atoms with Crippen molar-refractivity contribution in [2.45, 2.75) is 45.2 Å². The minimum Gasteiger partial charge on any atom is -0.380 e. The molecule has 0 bridgehead atoms. The van der Waals surface area contributed by atoms with Gasteiger partial charge in [-0.15, -0.1) is 0 Å². The van der Waals surface area contributed by atoms with Crippen LogP contribution < -0.4 is 11.5 Å². The van der Waals surface area contributed by atoms with Crippen molar-refractivity contribution in [2.24, 2.45) is 11.5 Å². The normalized spacial score (nSPS) is 16.0. The Kier molecular flexibility index (Phi) is 7.45. The third-order valence-corrected chi connectivity index (χ3v) is 1.58. The fraction of sp³-hybridized carbons (Fsp3) is 1.00. The third-order valence-electron chi connectivity index (χ3n) is 1.58. The smallest absolute Gasteiger partial charge is 0.0614 e. The second-order valence-corrected chi connectivity index (χ2v) is 3.53. The van der Waals surface area contributed by atoms with Gasteiger partial charge in [-0.3, -0.25) is 0 Å². The zero-order valence-corrected chi connectivity index (χ0v) is 8.25. The van der Waals surface area contributed by atoms with Gasteiger partial charge in [0.05, 0.1) is 6.61 Å². The van der Waals surface area contributed by atoms with Crippen LogP contribution in [0.4, 0.5) is 0 Å². The highest BCUT2D eigenvalue weighted by atomic mass is 16.5. The van der Waals surface area contributed by atoms with Crippen molar-refractivity contribution in [1.29, 1.82) is 0 Å². The van der Waals surface area contributed by atoms with E-state index in [1.165, 1.54) is 0 Å². The topological polar surface area (TPSA) is 61.3 Å². The maximum Gasteiger partial charge on any atom is 0.0614 e. The van der Waals surface area contributed by atoms with Crippen molar-refractivity contribution in [2.75, 3.05) is 13.2 Å². The van der Waals surface area contributed by atoms with Crippen LogP contribution in [0.2, 0.25) is 0 Å². The molecule has 0 aromatic rings. The van der Waals surface area contributed by atoms with Gasteiger partial charge in [-0.05, 0) is 33.1 Å². The summed E-state index contributed by atoms with van der Waals surface area (Å²) in [6.45, 7) is 5.46. The number of ether oxygens (including phenoxy) is 1. The molecule has 0 aliphatic heterocycles. The number of hydrogen-bond donors (Lipinski definition) is 2. The molecule has 4 N–H and O–H groups in total. The quantitative estimate of drug-likeness (QED) is 0.563. The van der Waals surface area contributed by atoms with E-state index in [0.717, 1.165) is 25.9 Å². The van der Waals surface area contributed by atoms with Gasteiger partial charge in [-0.1, -0.05) is 0 Å². The van der Waals surface area contributed by atoms with Gasteiger partial charge in [0.1, 0.15) is 0 Å². The zero-order valence-electron chi connectivity index (χ0n) is 8.25. The molecular weight excluding hydrogens is 152 g/mol. The number of hydrogen-bond acceptors (Lipinski definition) is 3. The SMILES string of the molecule is CC(N)CCCCOCC(C)N. The summed E-state index contributed by atoms with van der Waals surface area (Å²) in [6, 6.07) is 0.469. The van der Waals surface area contributed by atoms with Crippen LogP contribution in [0.3, 0.4) is 0 Å². The van der Waals surface area contributed by atoms with Gasteiger partial charge in [0.15, 0.2) is 0 Å². The van der Waals surface area contributed by atoms with Crippen molar-refractivity contribution in [1.82, 2.24) is 0 Å². The minimum atomic E-state index is 0.151. The predicted molar refractivity (Wildman–Crippen MR) is 52.0 cm³/mol.